The monoisotopic (exact) mass is 269 g/mol. The highest BCUT2D eigenvalue weighted by Crippen LogP contribution is 2.28. The van der Waals surface area contributed by atoms with Crippen LogP contribution in [0.1, 0.15) is 24.2 Å². The Morgan fingerprint density at radius 2 is 2.28 bits per heavy atom. The Hall–Kier alpha value is -1.20. The summed E-state index contributed by atoms with van der Waals surface area (Å²) in [7, 11) is 1.63. The highest BCUT2D eigenvalue weighted by molar-refractivity contribution is 7.99. The lowest BCUT2D eigenvalue weighted by atomic mass is 10.1. The van der Waals surface area contributed by atoms with Crippen molar-refractivity contribution in [2.45, 2.75) is 24.8 Å². The van der Waals surface area contributed by atoms with Crippen molar-refractivity contribution in [1.29, 1.82) is 0 Å². The number of aromatic carboxylic acids is 1. The van der Waals surface area contributed by atoms with Gasteiger partial charge in [0.2, 0.25) is 0 Å². The fraction of sp³-hybridized carbons (Fsp3) is 0.462. The molecule has 0 aliphatic carbocycles. The predicted octanol–water partition coefficient (Wildman–Crippen LogP) is 2.94. The van der Waals surface area contributed by atoms with Gasteiger partial charge in [0.25, 0.3) is 0 Å². The first-order chi connectivity index (χ1) is 8.60. The minimum Gasteiger partial charge on any atom is -0.478 e. The van der Waals surface area contributed by atoms with Crippen molar-refractivity contribution in [2.75, 3.05) is 24.7 Å². The highest BCUT2D eigenvalue weighted by atomic mass is 32.2. The standard InChI is InChI=1S/C13H19NO3S/c1-4-18-11-7-5-6-10(12(11)13(15)16)14-8-9(2)17-3/h5-7,9,14H,4,8H2,1-3H3,(H,15,16). The van der Waals surface area contributed by atoms with Gasteiger partial charge in [-0.2, -0.15) is 0 Å². The summed E-state index contributed by atoms with van der Waals surface area (Å²) >= 11 is 1.53. The summed E-state index contributed by atoms with van der Waals surface area (Å²) in [5.41, 5.74) is 0.984. The maximum absolute atomic E-state index is 11.3. The molecule has 0 aromatic heterocycles. The molecule has 100 valence electrons. The molecule has 0 bridgehead atoms. The quantitative estimate of drug-likeness (QED) is 0.745. The van der Waals surface area contributed by atoms with Crippen LogP contribution >= 0.6 is 11.8 Å². The van der Waals surface area contributed by atoms with E-state index in [4.69, 9.17) is 4.74 Å². The number of benzene rings is 1. The van der Waals surface area contributed by atoms with Gasteiger partial charge in [-0.05, 0) is 24.8 Å². The molecule has 5 heteroatoms. The van der Waals surface area contributed by atoms with E-state index in [1.165, 1.54) is 11.8 Å². The summed E-state index contributed by atoms with van der Waals surface area (Å²) in [6.45, 7) is 4.51. The number of hydrogen-bond acceptors (Lipinski definition) is 4. The first kappa shape index (κ1) is 14.9. The van der Waals surface area contributed by atoms with Crippen LogP contribution in [0.5, 0.6) is 0 Å². The lowest BCUT2D eigenvalue weighted by molar-refractivity contribution is 0.0694. The second-order valence-corrected chi connectivity index (χ2v) is 5.15. The zero-order valence-corrected chi connectivity index (χ0v) is 11.7. The molecule has 0 radical (unpaired) electrons. The highest BCUT2D eigenvalue weighted by Gasteiger charge is 2.15. The van der Waals surface area contributed by atoms with Crippen molar-refractivity contribution < 1.29 is 14.6 Å². The molecule has 1 unspecified atom stereocenters. The topological polar surface area (TPSA) is 58.6 Å². The Labute approximate surface area is 112 Å². The van der Waals surface area contributed by atoms with Crippen molar-refractivity contribution >= 4 is 23.4 Å². The third kappa shape index (κ3) is 3.92. The largest absolute Gasteiger partial charge is 0.478 e. The van der Waals surface area contributed by atoms with Gasteiger partial charge >= 0.3 is 5.97 Å². The van der Waals surface area contributed by atoms with E-state index < -0.39 is 5.97 Å². The average molecular weight is 269 g/mol. The van der Waals surface area contributed by atoms with Crippen molar-refractivity contribution in [3.05, 3.63) is 23.8 Å². The molecule has 0 saturated heterocycles. The molecule has 0 amide bonds. The van der Waals surface area contributed by atoms with Crippen molar-refractivity contribution in [3.8, 4) is 0 Å². The van der Waals surface area contributed by atoms with Crippen LogP contribution in [0.2, 0.25) is 0 Å². The van der Waals surface area contributed by atoms with Crippen LogP contribution in [0.15, 0.2) is 23.1 Å². The number of carboxylic acid groups (broad SMARTS) is 1. The Bertz CT molecular complexity index is 409. The fourth-order valence-corrected chi connectivity index (χ4v) is 2.34. The maximum atomic E-state index is 11.3. The molecule has 1 aromatic rings. The first-order valence-electron chi connectivity index (χ1n) is 5.85. The molecule has 0 aliphatic rings. The Morgan fingerprint density at radius 1 is 1.56 bits per heavy atom. The number of nitrogens with one attached hydrogen (secondary N) is 1. The summed E-state index contributed by atoms with van der Waals surface area (Å²) in [6.07, 6.45) is 0.0362. The van der Waals surface area contributed by atoms with E-state index in [1.807, 2.05) is 26.0 Å². The normalized spacial score (nSPS) is 12.2. The average Bonchev–Trinajstić information content (AvgIpc) is 2.36. The minimum atomic E-state index is -0.904. The number of carboxylic acids is 1. The molecule has 0 spiro atoms. The zero-order valence-electron chi connectivity index (χ0n) is 10.9. The molecule has 18 heavy (non-hydrogen) atoms. The third-order valence-electron chi connectivity index (χ3n) is 2.52. The molecule has 0 fully saturated rings. The zero-order chi connectivity index (χ0) is 13.5. The van der Waals surface area contributed by atoms with E-state index in [2.05, 4.69) is 5.32 Å². The predicted molar refractivity (Wildman–Crippen MR) is 74.8 cm³/mol. The van der Waals surface area contributed by atoms with Crippen LogP contribution in [0.4, 0.5) is 5.69 Å². The summed E-state index contributed by atoms with van der Waals surface area (Å²) in [4.78, 5) is 12.1. The van der Waals surface area contributed by atoms with E-state index in [0.717, 1.165) is 10.6 Å². The number of anilines is 1. The Morgan fingerprint density at radius 3 is 2.83 bits per heavy atom. The van der Waals surface area contributed by atoms with Crippen LogP contribution in [-0.4, -0.2) is 36.6 Å². The molecular weight excluding hydrogens is 250 g/mol. The Kier molecular flexibility index (Phi) is 6.01. The molecule has 2 N–H and O–H groups in total. The maximum Gasteiger partial charge on any atom is 0.338 e. The van der Waals surface area contributed by atoms with Gasteiger partial charge in [0.05, 0.1) is 11.7 Å². The van der Waals surface area contributed by atoms with Crippen LogP contribution in [0.3, 0.4) is 0 Å². The lowest BCUT2D eigenvalue weighted by Crippen LogP contribution is -2.19. The van der Waals surface area contributed by atoms with Crippen LogP contribution in [0.25, 0.3) is 0 Å². The van der Waals surface area contributed by atoms with E-state index >= 15 is 0 Å². The van der Waals surface area contributed by atoms with Gasteiger partial charge in [-0.15, -0.1) is 11.8 Å². The van der Waals surface area contributed by atoms with E-state index in [0.29, 0.717) is 17.8 Å². The first-order valence-corrected chi connectivity index (χ1v) is 6.84. The van der Waals surface area contributed by atoms with Gasteiger partial charge in [0.1, 0.15) is 0 Å². The minimum absolute atomic E-state index is 0.0362. The lowest BCUT2D eigenvalue weighted by Gasteiger charge is -2.15. The Balaban J connectivity index is 2.95. The van der Waals surface area contributed by atoms with Gasteiger partial charge < -0.3 is 15.2 Å². The number of methoxy groups -OCH3 is 1. The second kappa shape index (κ2) is 7.28. The number of thioether (sulfide) groups is 1. The number of ether oxygens (including phenoxy) is 1. The van der Waals surface area contributed by atoms with Gasteiger partial charge in [-0.1, -0.05) is 13.0 Å². The van der Waals surface area contributed by atoms with Gasteiger partial charge in [0.15, 0.2) is 0 Å². The smallest absolute Gasteiger partial charge is 0.338 e. The van der Waals surface area contributed by atoms with Crippen LogP contribution in [-0.2, 0) is 4.74 Å². The molecule has 1 aromatic carbocycles. The molecular formula is C13H19NO3S. The summed E-state index contributed by atoms with van der Waals surface area (Å²) in [5.74, 6) is -0.0581. The number of rotatable bonds is 7. The molecule has 0 aliphatic heterocycles. The number of carbonyl (C=O) groups is 1. The molecule has 1 rings (SSSR count). The van der Waals surface area contributed by atoms with E-state index in [1.54, 1.807) is 13.2 Å². The van der Waals surface area contributed by atoms with Gasteiger partial charge in [-0.25, -0.2) is 4.79 Å². The van der Waals surface area contributed by atoms with E-state index in [-0.39, 0.29) is 6.10 Å². The van der Waals surface area contributed by atoms with Gasteiger partial charge in [0, 0.05) is 24.2 Å². The number of hydrogen-bond donors (Lipinski definition) is 2. The molecule has 4 nitrogen and oxygen atoms in total. The molecule has 0 heterocycles. The SMILES string of the molecule is CCSc1cccc(NCC(C)OC)c1C(=O)O. The summed E-state index contributed by atoms with van der Waals surface area (Å²) in [6, 6.07) is 5.48. The molecule has 1 atom stereocenters. The van der Waals surface area contributed by atoms with Crippen molar-refractivity contribution in [2.24, 2.45) is 0 Å². The van der Waals surface area contributed by atoms with E-state index in [9.17, 15) is 9.90 Å². The summed E-state index contributed by atoms with van der Waals surface area (Å²) in [5, 5.41) is 12.4. The van der Waals surface area contributed by atoms with Crippen molar-refractivity contribution in [3.63, 3.8) is 0 Å². The van der Waals surface area contributed by atoms with Crippen molar-refractivity contribution in [1.82, 2.24) is 0 Å². The summed E-state index contributed by atoms with van der Waals surface area (Å²) < 4.78 is 5.13. The van der Waals surface area contributed by atoms with Gasteiger partial charge in [-0.3, -0.25) is 0 Å². The van der Waals surface area contributed by atoms with Crippen LogP contribution in [0, 0.1) is 0 Å². The third-order valence-corrected chi connectivity index (χ3v) is 3.46. The fourth-order valence-electron chi connectivity index (χ4n) is 1.51. The molecule has 0 saturated carbocycles. The van der Waals surface area contributed by atoms with Crippen LogP contribution < -0.4 is 5.32 Å². The second-order valence-electron chi connectivity index (χ2n) is 3.84.